The van der Waals surface area contributed by atoms with Crippen molar-refractivity contribution in [3.63, 3.8) is 0 Å². The molecule has 0 saturated carbocycles. The Morgan fingerprint density at radius 2 is 2.00 bits per heavy atom. The first-order valence-electron chi connectivity index (χ1n) is 8.50. The molecule has 5 heteroatoms. The highest BCUT2D eigenvalue weighted by atomic mass is 16.2. The molecule has 1 unspecified atom stereocenters. The standard InChI is InChI=1S/C19H24N4O/c1-13-5-4-10-23(12-13)19(24)17-8-9-18(22-21-17)20-16-7-6-14(2)15(3)11-16/h6-9,11,13H,4-5,10,12H2,1-3H3,(H,20,22). The van der Waals surface area contributed by atoms with E-state index in [1.165, 1.54) is 17.5 Å². The van der Waals surface area contributed by atoms with Gasteiger partial charge >= 0.3 is 0 Å². The molecule has 126 valence electrons. The van der Waals surface area contributed by atoms with Gasteiger partial charge in [-0.05, 0) is 68.0 Å². The first-order valence-corrected chi connectivity index (χ1v) is 8.50. The highest BCUT2D eigenvalue weighted by Crippen LogP contribution is 2.19. The van der Waals surface area contributed by atoms with Crippen LogP contribution >= 0.6 is 0 Å². The van der Waals surface area contributed by atoms with Crippen molar-refractivity contribution >= 4 is 17.4 Å². The zero-order valence-electron chi connectivity index (χ0n) is 14.5. The number of carbonyl (C=O) groups is 1. The molecule has 0 radical (unpaired) electrons. The van der Waals surface area contributed by atoms with E-state index in [1.54, 1.807) is 6.07 Å². The van der Waals surface area contributed by atoms with Gasteiger partial charge in [0, 0.05) is 18.8 Å². The summed E-state index contributed by atoms with van der Waals surface area (Å²) in [6.45, 7) is 7.96. The molecule has 1 N–H and O–H groups in total. The topological polar surface area (TPSA) is 58.1 Å². The van der Waals surface area contributed by atoms with Gasteiger partial charge in [0.15, 0.2) is 11.5 Å². The largest absolute Gasteiger partial charge is 0.339 e. The summed E-state index contributed by atoms with van der Waals surface area (Å²) >= 11 is 0. The summed E-state index contributed by atoms with van der Waals surface area (Å²) in [6, 6.07) is 9.71. The molecule has 1 aromatic heterocycles. The van der Waals surface area contributed by atoms with E-state index in [4.69, 9.17) is 0 Å². The number of aryl methyl sites for hydroxylation is 2. The summed E-state index contributed by atoms with van der Waals surface area (Å²) in [5.41, 5.74) is 3.85. The number of hydrogen-bond donors (Lipinski definition) is 1. The van der Waals surface area contributed by atoms with Crippen LogP contribution in [-0.4, -0.2) is 34.1 Å². The van der Waals surface area contributed by atoms with Crippen LogP contribution in [0.3, 0.4) is 0 Å². The Hall–Kier alpha value is -2.43. The van der Waals surface area contributed by atoms with Gasteiger partial charge in [0.1, 0.15) is 0 Å². The van der Waals surface area contributed by atoms with Crippen LogP contribution in [0.1, 0.15) is 41.4 Å². The number of aromatic nitrogens is 2. The van der Waals surface area contributed by atoms with Crippen LogP contribution in [0.4, 0.5) is 11.5 Å². The lowest BCUT2D eigenvalue weighted by Gasteiger charge is -2.30. The molecule has 1 saturated heterocycles. The predicted octanol–water partition coefficient (Wildman–Crippen LogP) is 3.71. The van der Waals surface area contributed by atoms with Gasteiger partial charge in [-0.2, -0.15) is 0 Å². The number of anilines is 2. The summed E-state index contributed by atoms with van der Waals surface area (Å²) in [7, 11) is 0. The maximum absolute atomic E-state index is 12.5. The third kappa shape index (κ3) is 3.72. The zero-order valence-corrected chi connectivity index (χ0v) is 14.5. The fraction of sp³-hybridized carbons (Fsp3) is 0.421. The molecule has 2 heterocycles. The number of nitrogens with zero attached hydrogens (tertiary/aromatic N) is 3. The van der Waals surface area contributed by atoms with Gasteiger partial charge in [0.2, 0.25) is 0 Å². The average molecular weight is 324 g/mol. The molecular weight excluding hydrogens is 300 g/mol. The van der Waals surface area contributed by atoms with Crippen LogP contribution in [0.2, 0.25) is 0 Å². The van der Waals surface area contributed by atoms with Crippen LogP contribution in [0.15, 0.2) is 30.3 Å². The first-order chi connectivity index (χ1) is 11.5. The van der Waals surface area contributed by atoms with E-state index in [9.17, 15) is 4.79 Å². The Kier molecular flexibility index (Phi) is 4.79. The highest BCUT2D eigenvalue weighted by Gasteiger charge is 2.23. The minimum Gasteiger partial charge on any atom is -0.339 e. The molecule has 1 aliphatic heterocycles. The van der Waals surface area contributed by atoms with Crippen molar-refractivity contribution in [1.82, 2.24) is 15.1 Å². The number of benzene rings is 1. The van der Waals surface area contributed by atoms with Crippen LogP contribution in [0.25, 0.3) is 0 Å². The molecule has 1 fully saturated rings. The van der Waals surface area contributed by atoms with E-state index in [0.717, 1.165) is 25.2 Å². The third-order valence-corrected chi connectivity index (χ3v) is 4.61. The summed E-state index contributed by atoms with van der Waals surface area (Å²) < 4.78 is 0. The minimum atomic E-state index is -0.0215. The molecule has 0 bridgehead atoms. The summed E-state index contributed by atoms with van der Waals surface area (Å²) in [6.07, 6.45) is 2.25. The summed E-state index contributed by atoms with van der Waals surface area (Å²) in [5, 5.41) is 11.5. The van der Waals surface area contributed by atoms with Crippen LogP contribution in [0.5, 0.6) is 0 Å². The van der Waals surface area contributed by atoms with E-state index in [-0.39, 0.29) is 5.91 Å². The number of rotatable bonds is 3. The molecule has 24 heavy (non-hydrogen) atoms. The fourth-order valence-electron chi connectivity index (χ4n) is 3.02. The van der Waals surface area contributed by atoms with Gasteiger partial charge in [-0.1, -0.05) is 13.0 Å². The van der Waals surface area contributed by atoms with E-state index >= 15 is 0 Å². The van der Waals surface area contributed by atoms with Crippen LogP contribution < -0.4 is 5.32 Å². The second-order valence-corrected chi connectivity index (χ2v) is 6.73. The Morgan fingerprint density at radius 3 is 2.67 bits per heavy atom. The molecular formula is C19H24N4O. The second kappa shape index (κ2) is 6.99. The molecule has 0 spiro atoms. The number of likely N-dealkylation sites (tertiary alicyclic amines) is 1. The van der Waals surface area contributed by atoms with Crippen molar-refractivity contribution in [3.05, 3.63) is 47.2 Å². The van der Waals surface area contributed by atoms with Crippen LogP contribution in [0, 0.1) is 19.8 Å². The van der Waals surface area contributed by atoms with E-state index in [1.807, 2.05) is 17.0 Å². The maximum atomic E-state index is 12.5. The highest BCUT2D eigenvalue weighted by molar-refractivity contribution is 5.92. The van der Waals surface area contributed by atoms with Gasteiger partial charge in [-0.25, -0.2) is 0 Å². The fourth-order valence-corrected chi connectivity index (χ4v) is 3.02. The van der Waals surface area contributed by atoms with E-state index in [0.29, 0.717) is 17.4 Å². The number of nitrogens with one attached hydrogen (secondary N) is 1. The lowest BCUT2D eigenvalue weighted by atomic mass is 10.00. The molecule has 0 aliphatic carbocycles. The van der Waals surface area contributed by atoms with Gasteiger partial charge in [-0.3, -0.25) is 4.79 Å². The number of piperidine rings is 1. The third-order valence-electron chi connectivity index (χ3n) is 4.61. The van der Waals surface area contributed by atoms with Crippen molar-refractivity contribution in [2.75, 3.05) is 18.4 Å². The molecule has 3 rings (SSSR count). The quantitative estimate of drug-likeness (QED) is 0.935. The van der Waals surface area contributed by atoms with Crippen molar-refractivity contribution in [1.29, 1.82) is 0 Å². The monoisotopic (exact) mass is 324 g/mol. The number of hydrogen-bond acceptors (Lipinski definition) is 4. The summed E-state index contributed by atoms with van der Waals surface area (Å²) in [4.78, 5) is 14.4. The van der Waals surface area contributed by atoms with Crippen molar-refractivity contribution in [2.45, 2.75) is 33.6 Å². The zero-order chi connectivity index (χ0) is 17.1. The average Bonchev–Trinajstić information content (AvgIpc) is 2.58. The lowest BCUT2D eigenvalue weighted by molar-refractivity contribution is 0.0676. The van der Waals surface area contributed by atoms with E-state index < -0.39 is 0 Å². The molecule has 1 amide bonds. The molecule has 5 nitrogen and oxygen atoms in total. The minimum absolute atomic E-state index is 0.0215. The Morgan fingerprint density at radius 1 is 1.17 bits per heavy atom. The Labute approximate surface area is 143 Å². The molecule has 1 aromatic carbocycles. The maximum Gasteiger partial charge on any atom is 0.274 e. The molecule has 1 atom stereocenters. The van der Waals surface area contributed by atoms with Gasteiger partial charge < -0.3 is 10.2 Å². The van der Waals surface area contributed by atoms with Gasteiger partial charge in [-0.15, -0.1) is 10.2 Å². The predicted molar refractivity (Wildman–Crippen MR) is 95.5 cm³/mol. The van der Waals surface area contributed by atoms with Crippen molar-refractivity contribution in [3.8, 4) is 0 Å². The smallest absolute Gasteiger partial charge is 0.274 e. The SMILES string of the molecule is Cc1ccc(Nc2ccc(C(=O)N3CCCC(C)C3)nn2)cc1C. The summed E-state index contributed by atoms with van der Waals surface area (Å²) in [5.74, 6) is 1.18. The van der Waals surface area contributed by atoms with Crippen molar-refractivity contribution in [2.24, 2.45) is 5.92 Å². The first kappa shape index (κ1) is 16.4. The Balaban J connectivity index is 1.68. The van der Waals surface area contributed by atoms with Gasteiger partial charge in [0.25, 0.3) is 5.91 Å². The molecule has 1 aliphatic rings. The van der Waals surface area contributed by atoms with Crippen LogP contribution in [-0.2, 0) is 0 Å². The Bertz CT molecular complexity index is 727. The van der Waals surface area contributed by atoms with Crippen molar-refractivity contribution < 1.29 is 4.79 Å². The number of amides is 1. The molecule has 2 aromatic rings. The number of carbonyl (C=O) groups excluding carboxylic acids is 1. The lowest BCUT2D eigenvalue weighted by Crippen LogP contribution is -2.39. The van der Waals surface area contributed by atoms with Gasteiger partial charge in [0.05, 0.1) is 0 Å². The van der Waals surface area contributed by atoms with E-state index in [2.05, 4.69) is 48.4 Å². The normalized spacial score (nSPS) is 17.6. The second-order valence-electron chi connectivity index (χ2n) is 6.73.